The molecule has 0 amide bonds. The van der Waals surface area contributed by atoms with Gasteiger partial charge in [-0.05, 0) is 49.4 Å². The standard InChI is InChI=1S/C20H24BN/c1-4-5-6-11-20(18-14-17(21)13-12-15(18)2)22-19-10-8-7-9-16(19)3/h7-10,12-14H,4-6,11H2,1-3H3. The molecule has 2 heteroatoms. The Morgan fingerprint density at radius 1 is 1.00 bits per heavy atom. The molecule has 0 saturated carbocycles. The van der Waals surface area contributed by atoms with E-state index in [0.29, 0.717) is 0 Å². The Labute approximate surface area is 135 Å². The SMILES string of the molecule is [B]c1ccc(C)c(C(CCCCC)=Nc2ccccc2C)c1. The first-order valence-corrected chi connectivity index (χ1v) is 8.11. The smallest absolute Gasteiger partial charge is 0.113 e. The van der Waals surface area contributed by atoms with Crippen molar-refractivity contribution in [2.45, 2.75) is 46.5 Å². The normalized spacial score (nSPS) is 11.7. The van der Waals surface area contributed by atoms with Crippen LogP contribution in [0.3, 0.4) is 0 Å². The molecule has 1 nitrogen and oxygen atoms in total. The van der Waals surface area contributed by atoms with Crippen molar-refractivity contribution in [3.63, 3.8) is 0 Å². The van der Waals surface area contributed by atoms with Crippen molar-refractivity contribution in [3.8, 4) is 0 Å². The molecular formula is C20H24BN. The lowest BCUT2D eigenvalue weighted by molar-refractivity contribution is 0.742. The van der Waals surface area contributed by atoms with Gasteiger partial charge in [0.2, 0.25) is 0 Å². The molecule has 0 heterocycles. The van der Waals surface area contributed by atoms with Gasteiger partial charge in [0.25, 0.3) is 0 Å². The van der Waals surface area contributed by atoms with Crippen LogP contribution in [-0.4, -0.2) is 13.6 Å². The fraction of sp³-hybridized carbons (Fsp3) is 0.350. The molecule has 0 aliphatic rings. The van der Waals surface area contributed by atoms with Crippen molar-refractivity contribution in [1.82, 2.24) is 0 Å². The minimum Gasteiger partial charge on any atom is -0.253 e. The number of rotatable bonds is 6. The first kappa shape index (κ1) is 16.5. The quantitative estimate of drug-likeness (QED) is 0.411. The molecule has 0 N–H and O–H groups in total. The van der Waals surface area contributed by atoms with Gasteiger partial charge in [0.05, 0.1) is 5.69 Å². The van der Waals surface area contributed by atoms with Crippen molar-refractivity contribution in [3.05, 3.63) is 59.2 Å². The van der Waals surface area contributed by atoms with Gasteiger partial charge < -0.3 is 0 Å². The number of hydrogen-bond donors (Lipinski definition) is 0. The van der Waals surface area contributed by atoms with Crippen molar-refractivity contribution in [1.29, 1.82) is 0 Å². The van der Waals surface area contributed by atoms with E-state index in [2.05, 4.69) is 51.1 Å². The lowest BCUT2D eigenvalue weighted by Gasteiger charge is -2.12. The maximum atomic E-state index is 5.99. The first-order chi connectivity index (χ1) is 10.6. The summed E-state index contributed by atoms with van der Waals surface area (Å²) >= 11 is 0. The minimum atomic E-state index is 0.800. The van der Waals surface area contributed by atoms with Crippen LogP contribution in [-0.2, 0) is 0 Å². The Kier molecular flexibility index (Phi) is 6.00. The van der Waals surface area contributed by atoms with Crippen LogP contribution in [0, 0.1) is 13.8 Å². The van der Waals surface area contributed by atoms with Gasteiger partial charge in [-0.3, -0.25) is 4.99 Å². The molecular weight excluding hydrogens is 265 g/mol. The van der Waals surface area contributed by atoms with Gasteiger partial charge in [-0.15, -0.1) is 0 Å². The van der Waals surface area contributed by atoms with Gasteiger partial charge in [-0.25, -0.2) is 0 Å². The van der Waals surface area contributed by atoms with Crippen LogP contribution >= 0.6 is 0 Å². The molecule has 0 atom stereocenters. The number of benzene rings is 2. The summed E-state index contributed by atoms with van der Waals surface area (Å²) in [5.41, 5.74) is 6.62. The predicted molar refractivity (Wildman–Crippen MR) is 98.1 cm³/mol. The Balaban J connectivity index is 2.42. The summed E-state index contributed by atoms with van der Waals surface area (Å²) < 4.78 is 0. The van der Waals surface area contributed by atoms with Gasteiger partial charge >= 0.3 is 0 Å². The average molecular weight is 289 g/mol. The molecule has 22 heavy (non-hydrogen) atoms. The lowest BCUT2D eigenvalue weighted by Crippen LogP contribution is -2.10. The fourth-order valence-corrected chi connectivity index (χ4v) is 2.58. The summed E-state index contributed by atoms with van der Waals surface area (Å²) in [6, 6.07) is 14.4. The minimum absolute atomic E-state index is 0.800. The largest absolute Gasteiger partial charge is 0.253 e. The molecule has 0 aliphatic carbocycles. The molecule has 2 radical (unpaired) electrons. The van der Waals surface area contributed by atoms with E-state index in [1.165, 1.54) is 29.5 Å². The average Bonchev–Trinajstić information content (AvgIpc) is 2.51. The van der Waals surface area contributed by atoms with E-state index < -0.39 is 0 Å². The topological polar surface area (TPSA) is 12.4 Å². The lowest BCUT2D eigenvalue weighted by atomic mass is 9.89. The molecule has 0 aromatic heterocycles. The van der Waals surface area contributed by atoms with E-state index in [-0.39, 0.29) is 0 Å². The van der Waals surface area contributed by atoms with Crippen molar-refractivity contribution in [2.75, 3.05) is 0 Å². The monoisotopic (exact) mass is 289 g/mol. The number of nitrogens with zero attached hydrogens (tertiary/aromatic N) is 1. The van der Waals surface area contributed by atoms with Crippen molar-refractivity contribution >= 4 is 24.7 Å². The highest BCUT2D eigenvalue weighted by atomic mass is 14.8. The molecule has 112 valence electrons. The third-order valence-electron chi connectivity index (χ3n) is 3.96. The van der Waals surface area contributed by atoms with Crippen LogP contribution < -0.4 is 5.46 Å². The summed E-state index contributed by atoms with van der Waals surface area (Å²) in [7, 11) is 5.99. The zero-order chi connectivity index (χ0) is 15.9. The number of para-hydroxylation sites is 1. The molecule has 2 aromatic carbocycles. The zero-order valence-corrected chi connectivity index (χ0v) is 13.9. The highest BCUT2D eigenvalue weighted by Crippen LogP contribution is 2.22. The van der Waals surface area contributed by atoms with E-state index >= 15 is 0 Å². The van der Waals surface area contributed by atoms with Crippen molar-refractivity contribution < 1.29 is 0 Å². The number of unbranched alkanes of at least 4 members (excludes halogenated alkanes) is 2. The third kappa shape index (κ3) is 4.33. The van der Waals surface area contributed by atoms with Crippen LogP contribution in [0.1, 0.15) is 49.3 Å². The summed E-state index contributed by atoms with van der Waals surface area (Å²) in [6.45, 7) is 6.46. The maximum absolute atomic E-state index is 5.99. The second kappa shape index (κ2) is 7.98. The molecule has 0 bridgehead atoms. The highest BCUT2D eigenvalue weighted by molar-refractivity contribution is 6.32. The molecule has 0 fully saturated rings. The van der Waals surface area contributed by atoms with Crippen LogP contribution in [0.5, 0.6) is 0 Å². The molecule has 0 aliphatic heterocycles. The first-order valence-electron chi connectivity index (χ1n) is 8.11. The Bertz CT molecular complexity index is 659. The van der Waals surface area contributed by atoms with E-state index in [1.54, 1.807) is 0 Å². The second-order valence-corrected chi connectivity index (χ2v) is 5.88. The van der Waals surface area contributed by atoms with Gasteiger partial charge in [0.15, 0.2) is 0 Å². The molecule has 2 aromatic rings. The van der Waals surface area contributed by atoms with Gasteiger partial charge in [-0.2, -0.15) is 0 Å². The van der Waals surface area contributed by atoms with Gasteiger partial charge in [0, 0.05) is 5.71 Å². The second-order valence-electron chi connectivity index (χ2n) is 5.88. The fourth-order valence-electron chi connectivity index (χ4n) is 2.58. The number of aryl methyl sites for hydroxylation is 2. The Morgan fingerprint density at radius 2 is 1.77 bits per heavy atom. The molecule has 0 spiro atoms. The van der Waals surface area contributed by atoms with E-state index in [4.69, 9.17) is 12.8 Å². The third-order valence-corrected chi connectivity index (χ3v) is 3.96. The van der Waals surface area contributed by atoms with Gasteiger partial charge in [-0.1, -0.05) is 61.6 Å². The van der Waals surface area contributed by atoms with Crippen molar-refractivity contribution in [2.24, 2.45) is 4.99 Å². The molecule has 0 unspecified atom stereocenters. The van der Waals surface area contributed by atoms with E-state index in [0.717, 1.165) is 29.7 Å². The molecule has 2 rings (SSSR count). The Hall–Kier alpha value is -1.83. The van der Waals surface area contributed by atoms with E-state index in [1.807, 2.05) is 12.1 Å². The Morgan fingerprint density at radius 3 is 2.50 bits per heavy atom. The summed E-state index contributed by atoms with van der Waals surface area (Å²) in [6.07, 6.45) is 4.60. The number of hydrogen-bond acceptors (Lipinski definition) is 1. The predicted octanol–water partition coefficient (Wildman–Crippen LogP) is 4.80. The van der Waals surface area contributed by atoms with Crippen LogP contribution in [0.25, 0.3) is 0 Å². The summed E-state index contributed by atoms with van der Waals surface area (Å²) in [5, 5.41) is 0. The summed E-state index contributed by atoms with van der Waals surface area (Å²) in [4.78, 5) is 4.96. The van der Waals surface area contributed by atoms with Crippen LogP contribution in [0.15, 0.2) is 47.5 Å². The summed E-state index contributed by atoms with van der Waals surface area (Å²) in [5.74, 6) is 0. The van der Waals surface area contributed by atoms with Crippen LogP contribution in [0.2, 0.25) is 0 Å². The zero-order valence-electron chi connectivity index (χ0n) is 13.9. The highest BCUT2D eigenvalue weighted by Gasteiger charge is 2.08. The van der Waals surface area contributed by atoms with Crippen LogP contribution in [0.4, 0.5) is 5.69 Å². The number of aliphatic imine (C=N–C) groups is 1. The van der Waals surface area contributed by atoms with Gasteiger partial charge in [0.1, 0.15) is 7.85 Å². The molecule has 0 saturated heterocycles. The van der Waals surface area contributed by atoms with E-state index in [9.17, 15) is 0 Å². The maximum Gasteiger partial charge on any atom is 0.113 e.